The number of benzene rings is 15. The van der Waals surface area contributed by atoms with Crippen LogP contribution in [0.25, 0.3) is 165 Å². The highest BCUT2D eigenvalue weighted by Crippen LogP contribution is 2.44. The van der Waals surface area contributed by atoms with Gasteiger partial charge in [-0.3, -0.25) is 4.57 Å². The molecule has 0 unspecified atom stereocenters. The SMILES string of the molecule is N#Cc1ccc(-c2cc3nc(-c4ccccc4)c(-n4c5ccccc5c5cc6ccccc6cc54)nc3cc2-c2ccc3ccccc3c2)cc1.N#Cc1ccc(-c2cc3nc(-c4ccccc4)c(Cl)nc3cc2-c2ccc3ccccc3c2)cc1.[C+]1=CC2=C(C=C1)c1cc3ccccc3cc1C2. The zero-order chi connectivity index (χ0) is 68.9. The van der Waals surface area contributed by atoms with Crippen molar-refractivity contribution < 1.29 is 0 Å². The van der Waals surface area contributed by atoms with Gasteiger partial charge in [0.15, 0.2) is 11.0 Å². The van der Waals surface area contributed by atoms with Crippen LogP contribution in [-0.4, -0.2) is 24.5 Å². The Bertz CT molecular complexity index is 6660. The van der Waals surface area contributed by atoms with E-state index < -0.39 is 0 Å². The molecule has 0 saturated heterocycles. The highest BCUT2D eigenvalue weighted by atomic mass is 35.5. The van der Waals surface area contributed by atoms with Crippen LogP contribution in [0, 0.1) is 28.7 Å². The van der Waals surface area contributed by atoms with Gasteiger partial charge in [-0.05, 0) is 184 Å². The second-order valence-corrected chi connectivity index (χ2v) is 26.3. The van der Waals surface area contributed by atoms with Gasteiger partial charge >= 0.3 is 0 Å². The van der Waals surface area contributed by atoms with Crippen LogP contribution in [0.2, 0.25) is 5.15 Å². The van der Waals surface area contributed by atoms with Gasteiger partial charge in [0.1, 0.15) is 23.5 Å². The topological polar surface area (TPSA) is 104 Å². The molecule has 20 rings (SSSR count). The predicted octanol–water partition coefficient (Wildman–Crippen LogP) is 24.3. The van der Waals surface area contributed by atoms with Crippen molar-refractivity contribution in [1.82, 2.24) is 24.5 Å². The molecule has 0 atom stereocenters. The number of rotatable bonds is 7. The van der Waals surface area contributed by atoms with Crippen LogP contribution < -0.4 is 0 Å². The normalized spacial score (nSPS) is 12.1. The molecule has 0 fully saturated rings. The average Bonchev–Trinajstić information content (AvgIpc) is 1.65. The van der Waals surface area contributed by atoms with E-state index in [9.17, 15) is 10.5 Å². The second kappa shape index (κ2) is 26.1. The molecule has 3 heterocycles. The number of nitrogens with zero attached hydrogens (tertiary/aromatic N) is 7. The lowest BCUT2D eigenvalue weighted by Gasteiger charge is -2.17. The van der Waals surface area contributed by atoms with E-state index in [2.05, 4.69) is 253 Å². The Hall–Kier alpha value is -13.8. The van der Waals surface area contributed by atoms with Gasteiger partial charge in [-0.2, -0.15) is 10.5 Å². The molecule has 478 valence electrons. The van der Waals surface area contributed by atoms with Gasteiger partial charge in [0.25, 0.3) is 0 Å². The first-order valence-electron chi connectivity index (χ1n) is 34.2. The van der Waals surface area contributed by atoms with E-state index in [-0.39, 0.29) is 0 Å². The number of nitriles is 2. The van der Waals surface area contributed by atoms with E-state index in [0.717, 1.165) is 107 Å². The molecule has 3 aromatic heterocycles. The van der Waals surface area contributed by atoms with Gasteiger partial charge in [-0.25, -0.2) is 19.9 Å². The number of allylic oxidation sites excluding steroid dienone is 6. The van der Waals surface area contributed by atoms with Crippen molar-refractivity contribution in [2.45, 2.75) is 6.42 Å². The van der Waals surface area contributed by atoms with Crippen LogP contribution in [0.4, 0.5) is 0 Å². The summed E-state index contributed by atoms with van der Waals surface area (Å²) < 4.78 is 2.29. The molecule has 8 heteroatoms. The van der Waals surface area contributed by atoms with Gasteiger partial charge < -0.3 is 0 Å². The van der Waals surface area contributed by atoms with Gasteiger partial charge in [0.05, 0.1) is 73.6 Å². The van der Waals surface area contributed by atoms with Crippen molar-refractivity contribution in [2.24, 2.45) is 0 Å². The Morgan fingerprint density at radius 3 is 1.34 bits per heavy atom. The molecule has 2 aliphatic carbocycles. The number of hydrogen-bond donors (Lipinski definition) is 0. The molecule has 0 bridgehead atoms. The molecule has 15 aromatic carbocycles. The number of fused-ring (bicyclic) bond motifs is 11. The summed E-state index contributed by atoms with van der Waals surface area (Å²) in [6.45, 7) is 0. The van der Waals surface area contributed by atoms with Crippen molar-refractivity contribution in [1.29, 1.82) is 10.5 Å². The fraction of sp³-hybridized carbons (Fsp3) is 0.0105. The molecule has 7 nitrogen and oxygen atoms in total. The third-order valence-corrected chi connectivity index (χ3v) is 20.0. The first-order valence-corrected chi connectivity index (χ1v) is 34.6. The zero-order valence-corrected chi connectivity index (χ0v) is 56.2. The van der Waals surface area contributed by atoms with Crippen LogP contribution in [0.3, 0.4) is 0 Å². The molecule has 0 spiro atoms. The first kappa shape index (κ1) is 61.5. The van der Waals surface area contributed by atoms with Gasteiger partial charge in [-0.1, -0.05) is 236 Å². The fourth-order valence-electron chi connectivity index (χ4n) is 14.7. The molecular weight excluding hydrogens is 1270 g/mol. The van der Waals surface area contributed by atoms with Crippen molar-refractivity contribution in [3.8, 4) is 85.0 Å². The Balaban J connectivity index is 0.000000125. The lowest BCUT2D eigenvalue weighted by Crippen LogP contribution is -2.04. The van der Waals surface area contributed by atoms with Crippen molar-refractivity contribution >= 4 is 104 Å². The highest BCUT2D eigenvalue weighted by molar-refractivity contribution is 6.32. The minimum Gasteiger partial charge on any atom is -0.292 e. The predicted molar refractivity (Wildman–Crippen MR) is 425 cm³/mol. The van der Waals surface area contributed by atoms with Crippen LogP contribution in [0.5, 0.6) is 0 Å². The summed E-state index contributed by atoms with van der Waals surface area (Å²) in [6, 6.07) is 113. The maximum Gasteiger partial charge on any atom is 0.165 e. The Kier molecular flexibility index (Phi) is 15.6. The van der Waals surface area contributed by atoms with E-state index in [1.165, 1.54) is 76.1 Å². The molecule has 103 heavy (non-hydrogen) atoms. The molecule has 0 radical (unpaired) electrons. The van der Waals surface area contributed by atoms with Crippen LogP contribution in [0.15, 0.2) is 339 Å². The quantitative estimate of drug-likeness (QED) is 0.147. The lowest BCUT2D eigenvalue weighted by atomic mass is 9.92. The number of para-hydroxylation sites is 1. The van der Waals surface area contributed by atoms with Gasteiger partial charge in [-0.15, -0.1) is 0 Å². The smallest absolute Gasteiger partial charge is 0.165 e. The molecule has 18 aromatic rings. The van der Waals surface area contributed by atoms with Crippen molar-refractivity contribution in [2.75, 3.05) is 0 Å². The van der Waals surface area contributed by atoms with E-state index >= 15 is 0 Å². The molecule has 2 aliphatic rings. The number of hydrogen-bond acceptors (Lipinski definition) is 6. The summed E-state index contributed by atoms with van der Waals surface area (Å²) in [4.78, 5) is 20.6. The van der Waals surface area contributed by atoms with Crippen molar-refractivity contribution in [3.05, 3.63) is 373 Å². The summed E-state index contributed by atoms with van der Waals surface area (Å²) in [5.74, 6) is 0.783. The maximum atomic E-state index is 9.53. The minimum atomic E-state index is 0.374. The summed E-state index contributed by atoms with van der Waals surface area (Å²) in [7, 11) is 0. The van der Waals surface area contributed by atoms with Gasteiger partial charge in [0, 0.05) is 40.0 Å². The number of aromatic nitrogens is 5. The fourth-order valence-corrected chi connectivity index (χ4v) is 14.9. The van der Waals surface area contributed by atoms with E-state index in [1.807, 2.05) is 103 Å². The van der Waals surface area contributed by atoms with Gasteiger partial charge in [0.2, 0.25) is 0 Å². The van der Waals surface area contributed by atoms with Crippen LogP contribution in [0.1, 0.15) is 22.3 Å². The Morgan fingerprint density at radius 1 is 0.340 bits per heavy atom. The standard InChI is InChI=1S/C47H28N4.C31H18ClN3.C17H11/c48-29-30-18-20-32(21-19-30)39-27-42-43(28-40(39)37-23-22-31-10-4-5-13-34(31)24-37)50-47(46(49-42)33-11-2-1-3-12-33)51-44-17-9-8-16-38(44)41-25-35-14-6-7-15-36(35)26-45(41)51;32-31-30(23-7-2-1-3-8-23)34-28-17-26(22-12-10-20(19-33)11-13-22)27(18-29(28)35-31)25-15-14-21-6-4-5-9-24(21)16-25;1-2-6-13-11-17-15(9-12(13)5-1)10-14-7-3-4-8-16(14)17/h1-28H;1-18H;1-2,4-9,11H,10H2/q;;+1. The van der Waals surface area contributed by atoms with Crippen LogP contribution >= 0.6 is 11.6 Å². The Morgan fingerprint density at radius 2 is 0.777 bits per heavy atom. The van der Waals surface area contributed by atoms with E-state index in [4.69, 9.17) is 31.5 Å². The Labute approximate surface area is 599 Å². The lowest BCUT2D eigenvalue weighted by molar-refractivity contribution is 1.08. The zero-order valence-electron chi connectivity index (χ0n) is 55.5. The van der Waals surface area contributed by atoms with E-state index in [0.29, 0.717) is 22.0 Å². The van der Waals surface area contributed by atoms with Crippen LogP contribution in [-0.2, 0) is 6.42 Å². The molecular formula is C95H57ClN7+. The molecule has 0 amide bonds. The molecule has 0 aliphatic heterocycles. The minimum absolute atomic E-state index is 0.374. The third kappa shape index (κ3) is 11.6. The molecule has 0 N–H and O–H groups in total. The summed E-state index contributed by atoms with van der Waals surface area (Å²) in [5.41, 5.74) is 23.8. The largest absolute Gasteiger partial charge is 0.292 e. The summed E-state index contributed by atoms with van der Waals surface area (Å²) in [5, 5.41) is 31.3. The number of halogens is 1. The second-order valence-electron chi connectivity index (χ2n) is 26.0. The monoisotopic (exact) mass is 1330 g/mol. The maximum absolute atomic E-state index is 9.53. The highest BCUT2D eigenvalue weighted by Gasteiger charge is 2.27. The molecule has 0 saturated carbocycles. The first-order chi connectivity index (χ1) is 50.8. The third-order valence-electron chi connectivity index (χ3n) is 19.8. The van der Waals surface area contributed by atoms with E-state index in [1.54, 1.807) is 0 Å². The van der Waals surface area contributed by atoms with Crippen molar-refractivity contribution in [3.63, 3.8) is 0 Å². The summed E-state index contributed by atoms with van der Waals surface area (Å²) >= 11 is 6.60. The summed E-state index contributed by atoms with van der Waals surface area (Å²) in [6.07, 6.45) is 10.5. The average molecular weight is 1330 g/mol.